The average Bonchev–Trinajstić information content (AvgIpc) is 2.41. The van der Waals surface area contributed by atoms with Gasteiger partial charge in [-0.3, -0.25) is 4.79 Å². The standard InChI is InChI=1S/C14H18Cl2N2O3/c15-9-7-10(14(20)21)13(11(16)8-9)18-12(19)5-3-1-2-4-6-17/h7-8H,1-6,17H2,(H,18,19)(H,20,21). The van der Waals surface area contributed by atoms with Gasteiger partial charge in [-0.05, 0) is 31.5 Å². The minimum atomic E-state index is -1.20. The Morgan fingerprint density at radius 2 is 1.81 bits per heavy atom. The summed E-state index contributed by atoms with van der Waals surface area (Å²) in [7, 11) is 0. The molecule has 1 amide bonds. The Kier molecular flexibility index (Phi) is 7.50. The highest BCUT2D eigenvalue weighted by molar-refractivity contribution is 6.37. The molecule has 0 bridgehead atoms. The molecule has 0 atom stereocenters. The summed E-state index contributed by atoms with van der Waals surface area (Å²) in [5.41, 5.74) is 5.35. The maximum atomic E-state index is 11.8. The lowest BCUT2D eigenvalue weighted by Gasteiger charge is -2.11. The number of unbranched alkanes of at least 4 members (excludes halogenated alkanes) is 3. The van der Waals surface area contributed by atoms with Crippen LogP contribution in [0.2, 0.25) is 10.0 Å². The van der Waals surface area contributed by atoms with Gasteiger partial charge in [0, 0.05) is 11.4 Å². The summed E-state index contributed by atoms with van der Waals surface area (Å²) < 4.78 is 0. The van der Waals surface area contributed by atoms with E-state index in [2.05, 4.69) is 5.32 Å². The second-order valence-corrected chi connectivity index (χ2v) is 5.46. The number of carboxylic acids is 1. The maximum absolute atomic E-state index is 11.8. The first kappa shape index (κ1) is 17.8. The predicted octanol–water partition coefficient (Wildman–Crippen LogP) is 3.54. The number of amides is 1. The molecule has 0 spiro atoms. The summed E-state index contributed by atoms with van der Waals surface area (Å²) in [5.74, 6) is -1.47. The van der Waals surface area contributed by atoms with Crippen molar-refractivity contribution in [2.45, 2.75) is 32.1 Å². The molecule has 0 unspecified atom stereocenters. The monoisotopic (exact) mass is 332 g/mol. The number of halogens is 2. The van der Waals surface area contributed by atoms with E-state index in [4.69, 9.17) is 34.0 Å². The largest absolute Gasteiger partial charge is 0.478 e. The zero-order chi connectivity index (χ0) is 15.8. The van der Waals surface area contributed by atoms with Gasteiger partial charge in [0.1, 0.15) is 0 Å². The number of hydrogen-bond acceptors (Lipinski definition) is 3. The highest BCUT2D eigenvalue weighted by Gasteiger charge is 2.17. The van der Waals surface area contributed by atoms with E-state index >= 15 is 0 Å². The number of nitrogens with two attached hydrogens (primary N) is 1. The number of carbonyl (C=O) groups is 2. The molecule has 7 heteroatoms. The van der Waals surface area contributed by atoms with E-state index in [1.165, 1.54) is 12.1 Å². The first-order chi connectivity index (χ1) is 9.95. The van der Waals surface area contributed by atoms with E-state index in [0.29, 0.717) is 13.0 Å². The SMILES string of the molecule is NCCCCCCC(=O)Nc1c(Cl)cc(Cl)cc1C(=O)O. The number of carbonyl (C=O) groups excluding carboxylic acids is 1. The van der Waals surface area contributed by atoms with Crippen molar-refractivity contribution in [3.8, 4) is 0 Å². The summed E-state index contributed by atoms with van der Waals surface area (Å²) in [6.45, 7) is 0.647. The van der Waals surface area contributed by atoms with Gasteiger partial charge in [0.25, 0.3) is 0 Å². The van der Waals surface area contributed by atoms with Crippen molar-refractivity contribution < 1.29 is 14.7 Å². The summed E-state index contributed by atoms with van der Waals surface area (Å²) in [6.07, 6.45) is 3.85. The summed E-state index contributed by atoms with van der Waals surface area (Å²) in [4.78, 5) is 23.0. The maximum Gasteiger partial charge on any atom is 0.337 e. The molecule has 0 saturated carbocycles. The molecule has 0 radical (unpaired) electrons. The second kappa shape index (κ2) is 8.87. The van der Waals surface area contributed by atoms with Gasteiger partial charge >= 0.3 is 5.97 Å². The van der Waals surface area contributed by atoms with Crippen LogP contribution in [0.5, 0.6) is 0 Å². The smallest absolute Gasteiger partial charge is 0.337 e. The minimum absolute atomic E-state index is 0.0838. The number of rotatable bonds is 8. The van der Waals surface area contributed by atoms with Gasteiger partial charge in [-0.1, -0.05) is 36.0 Å². The Bertz CT molecular complexity index is 521. The van der Waals surface area contributed by atoms with Gasteiger partial charge in [-0.25, -0.2) is 4.79 Å². The normalized spacial score (nSPS) is 10.4. The van der Waals surface area contributed by atoms with Crippen LogP contribution in [-0.2, 0) is 4.79 Å². The second-order valence-electron chi connectivity index (χ2n) is 4.62. The van der Waals surface area contributed by atoms with E-state index in [9.17, 15) is 9.59 Å². The van der Waals surface area contributed by atoms with Crippen molar-refractivity contribution in [1.29, 1.82) is 0 Å². The Morgan fingerprint density at radius 1 is 1.14 bits per heavy atom. The molecule has 1 rings (SSSR count). The number of aromatic carboxylic acids is 1. The molecule has 0 fully saturated rings. The number of nitrogens with one attached hydrogen (secondary N) is 1. The van der Waals surface area contributed by atoms with Gasteiger partial charge in [0.15, 0.2) is 0 Å². The quantitative estimate of drug-likeness (QED) is 0.635. The van der Waals surface area contributed by atoms with Crippen LogP contribution in [-0.4, -0.2) is 23.5 Å². The Balaban J connectivity index is 2.65. The summed E-state index contributed by atoms with van der Waals surface area (Å²) in [5, 5.41) is 12.0. The van der Waals surface area contributed by atoms with Gasteiger partial charge in [-0.2, -0.15) is 0 Å². The molecule has 5 nitrogen and oxygen atoms in total. The van der Waals surface area contributed by atoms with Crippen LogP contribution >= 0.6 is 23.2 Å². The van der Waals surface area contributed by atoms with Crippen molar-refractivity contribution in [1.82, 2.24) is 0 Å². The van der Waals surface area contributed by atoms with E-state index in [-0.39, 0.29) is 27.2 Å². The highest BCUT2D eigenvalue weighted by atomic mass is 35.5. The van der Waals surface area contributed by atoms with Crippen molar-refractivity contribution >= 4 is 40.8 Å². The molecule has 116 valence electrons. The zero-order valence-electron chi connectivity index (χ0n) is 11.5. The third-order valence-corrected chi connectivity index (χ3v) is 3.42. The predicted molar refractivity (Wildman–Crippen MR) is 84.2 cm³/mol. The fourth-order valence-electron chi connectivity index (χ4n) is 1.85. The lowest BCUT2D eigenvalue weighted by Crippen LogP contribution is -2.15. The van der Waals surface area contributed by atoms with Crippen LogP contribution in [0, 0.1) is 0 Å². The van der Waals surface area contributed by atoms with Crippen molar-refractivity contribution in [2.24, 2.45) is 5.73 Å². The molecule has 0 saturated heterocycles. The highest BCUT2D eigenvalue weighted by Crippen LogP contribution is 2.30. The molecular weight excluding hydrogens is 315 g/mol. The molecule has 1 aromatic rings. The first-order valence-electron chi connectivity index (χ1n) is 6.68. The Labute approximate surface area is 133 Å². The van der Waals surface area contributed by atoms with Gasteiger partial charge < -0.3 is 16.2 Å². The number of hydrogen-bond donors (Lipinski definition) is 3. The molecule has 1 aromatic carbocycles. The van der Waals surface area contributed by atoms with Crippen LogP contribution in [0.4, 0.5) is 5.69 Å². The van der Waals surface area contributed by atoms with Crippen molar-refractivity contribution in [3.05, 3.63) is 27.7 Å². The molecule has 0 heterocycles. The zero-order valence-corrected chi connectivity index (χ0v) is 13.0. The van der Waals surface area contributed by atoms with Gasteiger partial charge in [0.2, 0.25) is 5.91 Å². The van der Waals surface area contributed by atoms with Crippen molar-refractivity contribution in [3.63, 3.8) is 0 Å². The topological polar surface area (TPSA) is 92.4 Å². The van der Waals surface area contributed by atoms with Crippen LogP contribution in [0.25, 0.3) is 0 Å². The van der Waals surface area contributed by atoms with Crippen LogP contribution in [0.3, 0.4) is 0 Å². The Morgan fingerprint density at radius 3 is 2.43 bits per heavy atom. The summed E-state index contributed by atoms with van der Waals surface area (Å²) in [6, 6.07) is 2.65. The van der Waals surface area contributed by atoms with E-state index in [1.807, 2.05) is 0 Å². The van der Waals surface area contributed by atoms with Crippen LogP contribution in [0.1, 0.15) is 42.5 Å². The fourth-order valence-corrected chi connectivity index (χ4v) is 2.40. The number of carboxylic acid groups (broad SMARTS) is 1. The number of anilines is 1. The van der Waals surface area contributed by atoms with Crippen LogP contribution < -0.4 is 11.1 Å². The Hall–Kier alpha value is -1.30. The van der Waals surface area contributed by atoms with E-state index < -0.39 is 5.97 Å². The summed E-state index contributed by atoms with van der Waals surface area (Å²) >= 11 is 11.7. The molecule has 0 aliphatic heterocycles. The lowest BCUT2D eigenvalue weighted by atomic mass is 10.1. The van der Waals surface area contributed by atoms with E-state index in [0.717, 1.165) is 25.7 Å². The van der Waals surface area contributed by atoms with Crippen molar-refractivity contribution in [2.75, 3.05) is 11.9 Å². The van der Waals surface area contributed by atoms with Gasteiger partial charge in [-0.15, -0.1) is 0 Å². The third-order valence-electron chi connectivity index (χ3n) is 2.91. The first-order valence-corrected chi connectivity index (χ1v) is 7.43. The fraction of sp³-hybridized carbons (Fsp3) is 0.429. The third kappa shape index (κ3) is 5.91. The molecule has 4 N–H and O–H groups in total. The molecular formula is C14H18Cl2N2O3. The molecule has 0 aliphatic carbocycles. The number of benzene rings is 1. The van der Waals surface area contributed by atoms with Gasteiger partial charge in [0.05, 0.1) is 16.3 Å². The average molecular weight is 333 g/mol. The van der Waals surface area contributed by atoms with Crippen LogP contribution in [0.15, 0.2) is 12.1 Å². The molecule has 21 heavy (non-hydrogen) atoms. The minimum Gasteiger partial charge on any atom is -0.478 e. The van der Waals surface area contributed by atoms with E-state index in [1.54, 1.807) is 0 Å². The lowest BCUT2D eigenvalue weighted by molar-refractivity contribution is -0.116. The molecule has 0 aliphatic rings. The molecule has 0 aromatic heterocycles.